The monoisotopic (exact) mass is 406 g/mol. The molecule has 24 heavy (non-hydrogen) atoms. The molecule has 0 bridgehead atoms. The van der Waals surface area contributed by atoms with Crippen LogP contribution in [0.15, 0.2) is 17.0 Å². The summed E-state index contributed by atoms with van der Waals surface area (Å²) in [6.07, 6.45) is -0.478. The Balaban J connectivity index is 1.70. The minimum absolute atomic E-state index is 0.0163. The van der Waals surface area contributed by atoms with Crippen LogP contribution in [0.4, 0.5) is 13.6 Å². The van der Waals surface area contributed by atoms with Crippen LogP contribution in [0.2, 0.25) is 0 Å². The standard InChI is InChI=1S/C14H17BrF2N4O3/c15-10-6-18-8(5-19-10)9(22)7-21-11(23)13(20-12(21)24)1-3-14(16,17)4-2-13/h5-6,9,11,22-23H,1-4,7H2,(H,20,24)/t9?,11-/m1/s1. The molecule has 2 aliphatic rings. The Labute approximate surface area is 145 Å². The second kappa shape index (κ2) is 6.16. The van der Waals surface area contributed by atoms with E-state index in [0.29, 0.717) is 4.60 Å². The molecule has 1 spiro atoms. The number of β-amino-alcohol motifs (C(OH)–C–C–N with tert-alkyl or cyclic N) is 1. The van der Waals surface area contributed by atoms with Crippen molar-refractivity contribution in [1.82, 2.24) is 20.2 Å². The number of hydrogen-bond acceptors (Lipinski definition) is 5. The lowest BCUT2D eigenvalue weighted by Gasteiger charge is -2.39. The number of alkyl halides is 2. The lowest BCUT2D eigenvalue weighted by atomic mass is 9.79. The summed E-state index contributed by atoms with van der Waals surface area (Å²) >= 11 is 3.13. The molecule has 1 aromatic rings. The van der Waals surface area contributed by atoms with Gasteiger partial charge in [-0.1, -0.05) is 0 Å². The Morgan fingerprint density at radius 3 is 2.58 bits per heavy atom. The minimum atomic E-state index is -2.77. The second-order valence-electron chi connectivity index (χ2n) is 6.25. The molecular weight excluding hydrogens is 390 g/mol. The van der Waals surface area contributed by atoms with Crippen molar-refractivity contribution < 1.29 is 23.8 Å². The third-order valence-electron chi connectivity index (χ3n) is 4.63. The van der Waals surface area contributed by atoms with Crippen LogP contribution >= 0.6 is 15.9 Å². The summed E-state index contributed by atoms with van der Waals surface area (Å²) in [5.74, 6) is -2.77. The minimum Gasteiger partial charge on any atom is -0.385 e. The Bertz CT molecular complexity index is 621. The number of aliphatic hydroxyl groups is 2. The summed E-state index contributed by atoms with van der Waals surface area (Å²) in [5.41, 5.74) is -0.849. The fraction of sp³-hybridized carbons (Fsp3) is 0.643. The van der Waals surface area contributed by atoms with Gasteiger partial charge in [0.1, 0.15) is 10.7 Å². The highest BCUT2D eigenvalue weighted by Gasteiger charge is 2.55. The van der Waals surface area contributed by atoms with Crippen LogP contribution in [0.5, 0.6) is 0 Å². The first-order valence-corrected chi connectivity index (χ1v) is 8.32. The molecular formula is C14H17BrF2N4O3. The van der Waals surface area contributed by atoms with Crippen molar-refractivity contribution in [2.45, 2.75) is 49.5 Å². The molecule has 1 aliphatic carbocycles. The number of amides is 2. The van der Waals surface area contributed by atoms with Crippen molar-refractivity contribution in [3.63, 3.8) is 0 Å². The van der Waals surface area contributed by atoms with E-state index in [1.165, 1.54) is 12.4 Å². The molecule has 3 N–H and O–H groups in total. The summed E-state index contributed by atoms with van der Waals surface area (Å²) < 4.78 is 27.2. The molecule has 2 heterocycles. The Kier molecular flexibility index (Phi) is 4.47. The number of rotatable bonds is 3. The maximum Gasteiger partial charge on any atom is 0.320 e. The quantitative estimate of drug-likeness (QED) is 0.707. The van der Waals surface area contributed by atoms with Crippen LogP contribution in [0.25, 0.3) is 0 Å². The normalized spacial score (nSPS) is 26.5. The molecule has 0 radical (unpaired) electrons. The number of nitrogens with one attached hydrogen (secondary N) is 1. The molecule has 10 heteroatoms. The number of hydrogen-bond donors (Lipinski definition) is 3. The number of aliphatic hydroxyl groups excluding tert-OH is 2. The molecule has 7 nitrogen and oxygen atoms in total. The third-order valence-corrected chi connectivity index (χ3v) is 5.04. The third kappa shape index (κ3) is 3.22. The van der Waals surface area contributed by atoms with E-state index in [1.54, 1.807) is 0 Å². The smallest absolute Gasteiger partial charge is 0.320 e. The van der Waals surface area contributed by atoms with Crippen LogP contribution in [-0.4, -0.2) is 55.3 Å². The van der Waals surface area contributed by atoms with E-state index < -0.39 is 29.8 Å². The van der Waals surface area contributed by atoms with Crippen molar-refractivity contribution in [3.8, 4) is 0 Å². The highest BCUT2D eigenvalue weighted by atomic mass is 79.9. The number of carbonyl (C=O) groups is 1. The zero-order valence-corrected chi connectivity index (χ0v) is 14.2. The SMILES string of the molecule is O=C1NC2(CCC(F)(F)CC2)[C@@H](O)N1CC(O)c1cnc(Br)cn1. The number of urea groups is 1. The van der Waals surface area contributed by atoms with Gasteiger partial charge in [-0.05, 0) is 28.8 Å². The van der Waals surface area contributed by atoms with Gasteiger partial charge in [0, 0.05) is 12.8 Å². The maximum atomic E-state index is 13.4. The van der Waals surface area contributed by atoms with Crippen molar-refractivity contribution >= 4 is 22.0 Å². The maximum absolute atomic E-state index is 13.4. The van der Waals surface area contributed by atoms with Gasteiger partial charge in [0.25, 0.3) is 0 Å². The van der Waals surface area contributed by atoms with Crippen molar-refractivity contribution in [2.24, 2.45) is 0 Å². The molecule has 1 aromatic heterocycles. The second-order valence-corrected chi connectivity index (χ2v) is 7.06. The van der Waals surface area contributed by atoms with Crippen molar-refractivity contribution in [1.29, 1.82) is 0 Å². The Hall–Kier alpha value is -1.39. The lowest BCUT2D eigenvalue weighted by Crippen LogP contribution is -2.54. The number of nitrogens with zero attached hydrogens (tertiary/aromatic N) is 3. The van der Waals surface area contributed by atoms with E-state index in [4.69, 9.17) is 0 Å². The van der Waals surface area contributed by atoms with E-state index in [0.717, 1.165) is 4.90 Å². The van der Waals surface area contributed by atoms with Gasteiger partial charge in [0.15, 0.2) is 6.23 Å². The molecule has 132 valence electrons. The molecule has 1 aliphatic heterocycles. The lowest BCUT2D eigenvalue weighted by molar-refractivity contribution is -0.0898. The summed E-state index contributed by atoms with van der Waals surface area (Å²) in [7, 11) is 0. The van der Waals surface area contributed by atoms with Gasteiger partial charge in [-0.3, -0.25) is 9.88 Å². The number of carbonyl (C=O) groups excluding carboxylic acids is 1. The summed E-state index contributed by atoms with van der Waals surface area (Å²) in [6, 6.07) is -0.586. The fourth-order valence-corrected chi connectivity index (χ4v) is 3.37. The molecule has 1 unspecified atom stereocenters. The van der Waals surface area contributed by atoms with E-state index in [2.05, 4.69) is 31.2 Å². The molecule has 2 atom stereocenters. The first-order valence-electron chi connectivity index (χ1n) is 7.53. The van der Waals surface area contributed by atoms with E-state index in [9.17, 15) is 23.8 Å². The predicted octanol–water partition coefficient (Wildman–Crippen LogP) is 1.56. The summed E-state index contributed by atoms with van der Waals surface area (Å²) in [4.78, 5) is 21.1. The number of aromatic nitrogens is 2. The first kappa shape index (κ1) is 17.4. The van der Waals surface area contributed by atoms with Crippen LogP contribution < -0.4 is 5.32 Å². The Morgan fingerprint density at radius 1 is 1.33 bits per heavy atom. The van der Waals surface area contributed by atoms with E-state index >= 15 is 0 Å². The largest absolute Gasteiger partial charge is 0.385 e. The molecule has 1 saturated heterocycles. The molecule has 0 aromatic carbocycles. The van der Waals surface area contributed by atoms with Gasteiger partial charge in [-0.15, -0.1) is 0 Å². The molecule has 1 saturated carbocycles. The van der Waals surface area contributed by atoms with Crippen molar-refractivity contribution in [2.75, 3.05) is 6.54 Å². The number of halogens is 3. The molecule has 3 rings (SSSR count). The van der Waals surface area contributed by atoms with Gasteiger partial charge in [0.05, 0.1) is 30.2 Å². The topological polar surface area (TPSA) is 98.6 Å². The van der Waals surface area contributed by atoms with Gasteiger partial charge in [-0.25, -0.2) is 18.6 Å². The average Bonchev–Trinajstić information content (AvgIpc) is 2.76. The van der Waals surface area contributed by atoms with Crippen molar-refractivity contribution in [3.05, 3.63) is 22.7 Å². The molecule has 2 amide bonds. The van der Waals surface area contributed by atoms with Gasteiger partial charge < -0.3 is 15.5 Å². The van der Waals surface area contributed by atoms with E-state index in [-0.39, 0.29) is 37.9 Å². The van der Waals surface area contributed by atoms with Crippen LogP contribution in [0.3, 0.4) is 0 Å². The zero-order chi connectivity index (χ0) is 17.5. The van der Waals surface area contributed by atoms with Gasteiger partial charge >= 0.3 is 6.03 Å². The predicted molar refractivity (Wildman–Crippen MR) is 82.1 cm³/mol. The van der Waals surface area contributed by atoms with Crippen LogP contribution in [-0.2, 0) is 0 Å². The van der Waals surface area contributed by atoms with Gasteiger partial charge in [-0.2, -0.15) is 0 Å². The summed E-state index contributed by atoms with van der Waals surface area (Å²) in [5, 5.41) is 23.3. The molecule has 2 fully saturated rings. The zero-order valence-electron chi connectivity index (χ0n) is 12.6. The van der Waals surface area contributed by atoms with Crippen LogP contribution in [0, 0.1) is 0 Å². The highest BCUT2D eigenvalue weighted by molar-refractivity contribution is 9.10. The fourth-order valence-electron chi connectivity index (χ4n) is 3.16. The Morgan fingerprint density at radius 2 is 2.00 bits per heavy atom. The average molecular weight is 407 g/mol. The van der Waals surface area contributed by atoms with E-state index in [1.807, 2.05) is 0 Å². The highest BCUT2D eigenvalue weighted by Crippen LogP contribution is 2.43. The van der Waals surface area contributed by atoms with Crippen LogP contribution in [0.1, 0.15) is 37.5 Å². The summed E-state index contributed by atoms with van der Waals surface area (Å²) in [6.45, 7) is -0.207. The first-order chi connectivity index (χ1) is 11.2. The van der Waals surface area contributed by atoms with Gasteiger partial charge in [0.2, 0.25) is 5.92 Å².